The standard InChI is InChI=1S/C19H30N4O2/c1-14(2)23(15-8-9-15)11-10-21-19(20-3)22-12-16-13-24-17-6-4-5-7-18(17)25-16/h4-7,14-16H,8-13H2,1-3H3,(H2,20,21,22). The third-order valence-electron chi connectivity index (χ3n) is 4.63. The first kappa shape index (κ1) is 17.9. The Balaban J connectivity index is 1.39. The van der Waals surface area contributed by atoms with Gasteiger partial charge in [0.05, 0.1) is 6.54 Å². The highest BCUT2D eigenvalue weighted by molar-refractivity contribution is 5.79. The van der Waals surface area contributed by atoms with E-state index in [1.54, 1.807) is 7.05 Å². The van der Waals surface area contributed by atoms with Gasteiger partial charge in [0.2, 0.25) is 0 Å². The Hall–Kier alpha value is -1.95. The number of benzene rings is 1. The number of rotatable bonds is 7. The van der Waals surface area contributed by atoms with Crippen LogP contribution >= 0.6 is 0 Å². The summed E-state index contributed by atoms with van der Waals surface area (Å²) in [5.74, 6) is 2.43. The summed E-state index contributed by atoms with van der Waals surface area (Å²) in [6, 6.07) is 9.15. The van der Waals surface area contributed by atoms with Gasteiger partial charge in [-0.05, 0) is 38.8 Å². The SMILES string of the molecule is CN=C(NCCN(C(C)C)C1CC1)NCC1COc2ccccc2O1. The molecule has 1 aliphatic heterocycles. The van der Waals surface area contributed by atoms with Crippen molar-refractivity contribution in [3.63, 3.8) is 0 Å². The van der Waals surface area contributed by atoms with Crippen molar-refractivity contribution in [2.24, 2.45) is 4.99 Å². The molecule has 0 spiro atoms. The van der Waals surface area contributed by atoms with E-state index >= 15 is 0 Å². The van der Waals surface area contributed by atoms with Crippen LogP contribution in [0.2, 0.25) is 0 Å². The molecule has 0 amide bonds. The minimum absolute atomic E-state index is 0.0212. The van der Waals surface area contributed by atoms with E-state index in [2.05, 4.69) is 34.4 Å². The van der Waals surface area contributed by atoms with Crippen molar-refractivity contribution >= 4 is 5.96 Å². The molecule has 0 saturated heterocycles. The largest absolute Gasteiger partial charge is 0.486 e. The first-order chi connectivity index (χ1) is 12.2. The van der Waals surface area contributed by atoms with Crippen molar-refractivity contribution < 1.29 is 9.47 Å². The van der Waals surface area contributed by atoms with E-state index in [0.29, 0.717) is 19.2 Å². The second kappa shape index (κ2) is 8.43. The van der Waals surface area contributed by atoms with E-state index in [1.165, 1.54) is 12.8 Å². The van der Waals surface area contributed by atoms with Crippen molar-refractivity contribution in [1.82, 2.24) is 15.5 Å². The summed E-state index contributed by atoms with van der Waals surface area (Å²) in [7, 11) is 1.80. The molecule has 2 aliphatic rings. The maximum Gasteiger partial charge on any atom is 0.191 e. The van der Waals surface area contributed by atoms with E-state index in [0.717, 1.165) is 36.6 Å². The average molecular weight is 346 g/mol. The third kappa shape index (κ3) is 5.01. The van der Waals surface area contributed by atoms with Crippen LogP contribution in [0.25, 0.3) is 0 Å². The number of ether oxygens (including phenoxy) is 2. The van der Waals surface area contributed by atoms with E-state index in [-0.39, 0.29) is 6.10 Å². The Kier molecular flexibility index (Phi) is 6.02. The molecular weight excluding hydrogens is 316 g/mol. The Bertz CT molecular complexity index is 585. The molecule has 1 heterocycles. The zero-order valence-corrected chi connectivity index (χ0v) is 15.5. The van der Waals surface area contributed by atoms with Crippen LogP contribution in [0.4, 0.5) is 0 Å². The van der Waals surface area contributed by atoms with Gasteiger partial charge in [-0.25, -0.2) is 0 Å². The molecule has 3 rings (SSSR count). The van der Waals surface area contributed by atoms with Crippen LogP contribution in [-0.4, -0.2) is 62.3 Å². The number of aliphatic imine (C=N–C) groups is 1. The van der Waals surface area contributed by atoms with E-state index < -0.39 is 0 Å². The van der Waals surface area contributed by atoms with Gasteiger partial charge < -0.3 is 20.1 Å². The lowest BCUT2D eigenvalue weighted by atomic mass is 10.2. The summed E-state index contributed by atoms with van der Waals surface area (Å²) in [4.78, 5) is 6.86. The lowest BCUT2D eigenvalue weighted by Gasteiger charge is -2.28. The maximum absolute atomic E-state index is 5.96. The number of guanidine groups is 1. The van der Waals surface area contributed by atoms with Crippen molar-refractivity contribution in [2.75, 3.05) is 33.3 Å². The molecule has 1 aliphatic carbocycles. The maximum atomic E-state index is 5.96. The summed E-state index contributed by atoms with van der Waals surface area (Å²) >= 11 is 0. The fourth-order valence-corrected chi connectivity index (χ4v) is 3.17. The molecule has 1 atom stereocenters. The van der Waals surface area contributed by atoms with Gasteiger partial charge in [0.25, 0.3) is 0 Å². The second-order valence-corrected chi connectivity index (χ2v) is 6.94. The van der Waals surface area contributed by atoms with Gasteiger partial charge in [-0.3, -0.25) is 9.89 Å². The predicted molar refractivity (Wildman–Crippen MR) is 101 cm³/mol. The van der Waals surface area contributed by atoms with Crippen molar-refractivity contribution in [1.29, 1.82) is 0 Å². The molecule has 2 N–H and O–H groups in total. The molecule has 1 fully saturated rings. The first-order valence-corrected chi connectivity index (χ1v) is 9.26. The molecule has 25 heavy (non-hydrogen) atoms. The zero-order chi connectivity index (χ0) is 17.6. The van der Waals surface area contributed by atoms with Crippen LogP contribution in [0.15, 0.2) is 29.3 Å². The monoisotopic (exact) mass is 346 g/mol. The lowest BCUT2D eigenvalue weighted by Crippen LogP contribution is -2.47. The average Bonchev–Trinajstić information content (AvgIpc) is 3.45. The van der Waals surface area contributed by atoms with E-state index in [1.807, 2.05) is 24.3 Å². The highest BCUT2D eigenvalue weighted by Gasteiger charge is 2.30. The molecular formula is C19H30N4O2. The highest BCUT2D eigenvalue weighted by atomic mass is 16.6. The lowest BCUT2D eigenvalue weighted by molar-refractivity contribution is 0.0936. The van der Waals surface area contributed by atoms with Gasteiger partial charge in [-0.1, -0.05) is 12.1 Å². The summed E-state index contributed by atoms with van der Waals surface area (Å²) in [6.07, 6.45) is 2.66. The van der Waals surface area contributed by atoms with Crippen molar-refractivity contribution in [3.8, 4) is 11.5 Å². The summed E-state index contributed by atoms with van der Waals surface area (Å²) in [5.41, 5.74) is 0. The van der Waals surface area contributed by atoms with Crippen LogP contribution in [0.5, 0.6) is 11.5 Å². The van der Waals surface area contributed by atoms with Crippen molar-refractivity contribution in [2.45, 2.75) is 44.9 Å². The second-order valence-electron chi connectivity index (χ2n) is 6.94. The highest BCUT2D eigenvalue weighted by Crippen LogP contribution is 2.30. The minimum atomic E-state index is -0.0212. The van der Waals surface area contributed by atoms with Crippen LogP contribution in [0.3, 0.4) is 0 Å². The van der Waals surface area contributed by atoms with Gasteiger partial charge in [0, 0.05) is 32.2 Å². The summed E-state index contributed by atoms with van der Waals surface area (Å²) < 4.78 is 11.7. The molecule has 0 radical (unpaired) electrons. The third-order valence-corrected chi connectivity index (χ3v) is 4.63. The molecule has 0 bridgehead atoms. The molecule has 0 aromatic heterocycles. The molecule has 138 valence electrons. The molecule has 6 nitrogen and oxygen atoms in total. The van der Waals surface area contributed by atoms with Crippen LogP contribution in [0.1, 0.15) is 26.7 Å². The first-order valence-electron chi connectivity index (χ1n) is 9.26. The summed E-state index contributed by atoms with van der Waals surface area (Å²) in [5, 5.41) is 6.73. The summed E-state index contributed by atoms with van der Waals surface area (Å²) in [6.45, 7) is 7.67. The zero-order valence-electron chi connectivity index (χ0n) is 15.5. The molecule has 6 heteroatoms. The van der Waals surface area contributed by atoms with Crippen LogP contribution < -0.4 is 20.1 Å². The molecule has 1 aromatic rings. The number of nitrogens with zero attached hydrogens (tertiary/aromatic N) is 2. The fourth-order valence-electron chi connectivity index (χ4n) is 3.17. The normalized spacial score (nSPS) is 20.0. The number of hydrogen-bond acceptors (Lipinski definition) is 4. The van der Waals surface area contributed by atoms with Gasteiger partial charge in [0.1, 0.15) is 12.7 Å². The van der Waals surface area contributed by atoms with Crippen LogP contribution in [-0.2, 0) is 0 Å². The van der Waals surface area contributed by atoms with Gasteiger partial charge >= 0.3 is 0 Å². The predicted octanol–water partition coefficient (Wildman–Crippen LogP) is 1.86. The van der Waals surface area contributed by atoms with Crippen LogP contribution in [0, 0.1) is 0 Å². The quantitative estimate of drug-likeness (QED) is 0.583. The van der Waals surface area contributed by atoms with E-state index in [9.17, 15) is 0 Å². The Labute approximate surface area is 150 Å². The number of fused-ring (bicyclic) bond motifs is 1. The Morgan fingerprint density at radius 2 is 2.00 bits per heavy atom. The number of hydrogen-bond donors (Lipinski definition) is 2. The topological polar surface area (TPSA) is 58.1 Å². The van der Waals surface area contributed by atoms with Gasteiger partial charge in [0.15, 0.2) is 17.5 Å². The molecule has 1 saturated carbocycles. The smallest absolute Gasteiger partial charge is 0.191 e. The molecule has 1 aromatic carbocycles. The minimum Gasteiger partial charge on any atom is -0.486 e. The van der Waals surface area contributed by atoms with E-state index in [4.69, 9.17) is 9.47 Å². The number of para-hydroxylation sites is 2. The number of nitrogens with one attached hydrogen (secondary N) is 2. The molecule has 1 unspecified atom stereocenters. The Morgan fingerprint density at radius 1 is 1.24 bits per heavy atom. The van der Waals surface area contributed by atoms with Crippen molar-refractivity contribution in [3.05, 3.63) is 24.3 Å². The van der Waals surface area contributed by atoms with Gasteiger partial charge in [-0.2, -0.15) is 0 Å². The Morgan fingerprint density at radius 3 is 2.68 bits per heavy atom. The van der Waals surface area contributed by atoms with Gasteiger partial charge in [-0.15, -0.1) is 0 Å². The fraction of sp³-hybridized carbons (Fsp3) is 0.632.